The van der Waals surface area contributed by atoms with Crippen molar-refractivity contribution in [2.24, 2.45) is 0 Å². The van der Waals surface area contributed by atoms with Crippen LogP contribution in [-0.2, 0) is 0 Å². The van der Waals surface area contributed by atoms with E-state index in [4.69, 9.17) is 17.0 Å². The highest BCUT2D eigenvalue weighted by Gasteiger charge is 2.18. The number of rotatable bonds is 4. The first-order valence-corrected chi connectivity index (χ1v) is 10.5. The minimum absolute atomic E-state index is 0.0499. The molecular weight excluding hydrogens is 454 g/mol. The standard InChI is InChI=1S/C21H22BrN3O3S/c1-28-18-10-7-15(22)13-17(18)19(26)24-21(29)23-16-8-5-14(6-9-16)20(27)25-11-3-2-4-12-25/h5-10,13H,2-4,11-12H2,1H3,(H2,23,24,26,29). The van der Waals surface area contributed by atoms with Crippen molar-refractivity contribution in [1.82, 2.24) is 10.2 Å². The summed E-state index contributed by atoms with van der Waals surface area (Å²) in [4.78, 5) is 26.9. The SMILES string of the molecule is COc1ccc(Br)cc1C(=O)NC(=S)Nc1ccc(C(=O)N2CCCCC2)cc1. The highest BCUT2D eigenvalue weighted by atomic mass is 79.9. The number of hydrogen-bond acceptors (Lipinski definition) is 4. The number of ether oxygens (including phenoxy) is 1. The third kappa shape index (κ3) is 5.55. The van der Waals surface area contributed by atoms with E-state index in [1.807, 2.05) is 4.90 Å². The molecular formula is C21H22BrN3O3S. The van der Waals surface area contributed by atoms with Crippen molar-refractivity contribution in [3.63, 3.8) is 0 Å². The molecule has 8 heteroatoms. The molecule has 29 heavy (non-hydrogen) atoms. The maximum Gasteiger partial charge on any atom is 0.261 e. The van der Waals surface area contributed by atoms with Gasteiger partial charge in [-0.3, -0.25) is 14.9 Å². The zero-order chi connectivity index (χ0) is 20.8. The highest BCUT2D eigenvalue weighted by molar-refractivity contribution is 9.10. The second-order valence-corrected chi connectivity index (χ2v) is 8.01. The number of thiocarbonyl (C=S) groups is 1. The van der Waals surface area contributed by atoms with E-state index >= 15 is 0 Å². The maximum atomic E-state index is 12.5. The number of nitrogens with zero attached hydrogens (tertiary/aromatic N) is 1. The number of halogens is 1. The van der Waals surface area contributed by atoms with Crippen LogP contribution in [0.3, 0.4) is 0 Å². The van der Waals surface area contributed by atoms with Crippen LogP contribution in [0.4, 0.5) is 5.69 Å². The summed E-state index contributed by atoms with van der Waals surface area (Å²) in [6.45, 7) is 1.63. The van der Waals surface area contributed by atoms with Gasteiger partial charge in [-0.1, -0.05) is 15.9 Å². The van der Waals surface area contributed by atoms with Crippen molar-refractivity contribution in [2.75, 3.05) is 25.5 Å². The summed E-state index contributed by atoms with van der Waals surface area (Å²) in [5.74, 6) is 0.125. The Morgan fingerprint density at radius 2 is 1.76 bits per heavy atom. The lowest BCUT2D eigenvalue weighted by Gasteiger charge is -2.26. The summed E-state index contributed by atoms with van der Waals surface area (Å²) >= 11 is 8.59. The van der Waals surface area contributed by atoms with Gasteiger partial charge in [-0.05, 0) is 73.9 Å². The minimum atomic E-state index is -0.377. The normalized spacial score (nSPS) is 13.5. The Hall–Kier alpha value is -2.45. The van der Waals surface area contributed by atoms with Gasteiger partial charge >= 0.3 is 0 Å². The molecule has 1 fully saturated rings. The van der Waals surface area contributed by atoms with Gasteiger partial charge in [0.2, 0.25) is 0 Å². The van der Waals surface area contributed by atoms with Crippen molar-refractivity contribution in [3.8, 4) is 5.75 Å². The second-order valence-electron chi connectivity index (χ2n) is 6.68. The van der Waals surface area contributed by atoms with Crippen LogP contribution in [0.25, 0.3) is 0 Å². The molecule has 0 aliphatic carbocycles. The van der Waals surface area contributed by atoms with Gasteiger partial charge in [-0.15, -0.1) is 0 Å². The van der Waals surface area contributed by atoms with Crippen LogP contribution in [0, 0.1) is 0 Å². The first-order chi connectivity index (χ1) is 14.0. The number of carbonyl (C=O) groups is 2. The summed E-state index contributed by atoms with van der Waals surface area (Å²) < 4.78 is 5.99. The summed E-state index contributed by atoms with van der Waals surface area (Å²) in [5, 5.41) is 5.76. The average Bonchev–Trinajstić information content (AvgIpc) is 2.74. The van der Waals surface area contributed by atoms with Crippen LogP contribution in [-0.4, -0.2) is 42.0 Å². The van der Waals surface area contributed by atoms with Gasteiger partial charge in [-0.2, -0.15) is 0 Å². The topological polar surface area (TPSA) is 70.7 Å². The van der Waals surface area contributed by atoms with E-state index in [0.29, 0.717) is 22.6 Å². The first-order valence-electron chi connectivity index (χ1n) is 9.33. The number of anilines is 1. The minimum Gasteiger partial charge on any atom is -0.496 e. The van der Waals surface area contributed by atoms with Gasteiger partial charge in [0, 0.05) is 28.8 Å². The van der Waals surface area contributed by atoms with Gasteiger partial charge in [0.25, 0.3) is 11.8 Å². The molecule has 0 bridgehead atoms. The van der Waals surface area contributed by atoms with E-state index in [0.717, 1.165) is 30.4 Å². The molecule has 3 rings (SSSR count). The molecule has 1 aliphatic heterocycles. The molecule has 6 nitrogen and oxygen atoms in total. The number of amides is 2. The van der Waals surface area contributed by atoms with E-state index in [9.17, 15) is 9.59 Å². The van der Waals surface area contributed by atoms with Gasteiger partial charge < -0.3 is 15.0 Å². The largest absolute Gasteiger partial charge is 0.496 e. The first kappa shape index (κ1) is 21.3. The van der Waals surface area contributed by atoms with Crippen molar-refractivity contribution in [2.45, 2.75) is 19.3 Å². The van der Waals surface area contributed by atoms with E-state index in [1.54, 1.807) is 42.5 Å². The number of hydrogen-bond donors (Lipinski definition) is 2. The molecule has 0 unspecified atom stereocenters. The number of likely N-dealkylation sites (tertiary alicyclic amines) is 1. The molecule has 2 aromatic rings. The van der Waals surface area contributed by atoms with Crippen LogP contribution in [0.1, 0.15) is 40.0 Å². The van der Waals surface area contributed by atoms with Gasteiger partial charge in [0.05, 0.1) is 12.7 Å². The van der Waals surface area contributed by atoms with Gasteiger partial charge in [0.1, 0.15) is 5.75 Å². The lowest BCUT2D eigenvalue weighted by Crippen LogP contribution is -2.35. The molecule has 1 aliphatic rings. The molecule has 0 atom stereocenters. The van der Waals surface area contributed by atoms with E-state index in [1.165, 1.54) is 13.5 Å². The van der Waals surface area contributed by atoms with Crippen molar-refractivity contribution < 1.29 is 14.3 Å². The van der Waals surface area contributed by atoms with Crippen LogP contribution in [0.2, 0.25) is 0 Å². The smallest absolute Gasteiger partial charge is 0.261 e. The fourth-order valence-electron chi connectivity index (χ4n) is 3.17. The molecule has 0 spiro atoms. The molecule has 1 saturated heterocycles. The predicted molar refractivity (Wildman–Crippen MR) is 121 cm³/mol. The van der Waals surface area contributed by atoms with Crippen molar-refractivity contribution in [3.05, 3.63) is 58.1 Å². The summed E-state index contributed by atoms with van der Waals surface area (Å²) in [6.07, 6.45) is 3.30. The molecule has 152 valence electrons. The quantitative estimate of drug-likeness (QED) is 0.648. The Balaban J connectivity index is 1.60. The Labute approximate surface area is 183 Å². The summed E-state index contributed by atoms with van der Waals surface area (Å²) in [5.41, 5.74) is 1.70. The Bertz CT molecular complexity index is 912. The fourth-order valence-corrected chi connectivity index (χ4v) is 3.74. The maximum absolute atomic E-state index is 12.5. The molecule has 1 heterocycles. The summed E-state index contributed by atoms with van der Waals surface area (Å²) in [6, 6.07) is 12.2. The van der Waals surface area contributed by atoms with E-state index in [-0.39, 0.29) is 16.9 Å². The van der Waals surface area contributed by atoms with Crippen LogP contribution in [0.15, 0.2) is 46.9 Å². The van der Waals surface area contributed by atoms with E-state index in [2.05, 4.69) is 26.6 Å². The Morgan fingerprint density at radius 1 is 1.07 bits per heavy atom. The molecule has 2 amide bonds. The molecule has 0 radical (unpaired) electrons. The molecule has 2 aromatic carbocycles. The molecule has 0 aromatic heterocycles. The van der Waals surface area contributed by atoms with E-state index < -0.39 is 0 Å². The van der Waals surface area contributed by atoms with Gasteiger partial charge in [0.15, 0.2) is 5.11 Å². The van der Waals surface area contributed by atoms with Crippen molar-refractivity contribution in [1.29, 1.82) is 0 Å². The number of carbonyl (C=O) groups excluding carboxylic acids is 2. The monoisotopic (exact) mass is 475 g/mol. The average molecular weight is 476 g/mol. The number of piperidine rings is 1. The third-order valence-corrected chi connectivity index (χ3v) is 5.36. The number of nitrogens with one attached hydrogen (secondary N) is 2. The van der Waals surface area contributed by atoms with Crippen molar-refractivity contribution >= 4 is 50.8 Å². The Morgan fingerprint density at radius 3 is 2.41 bits per heavy atom. The van der Waals surface area contributed by atoms with Crippen LogP contribution >= 0.6 is 28.1 Å². The number of benzene rings is 2. The summed E-state index contributed by atoms with van der Waals surface area (Å²) in [7, 11) is 1.50. The zero-order valence-electron chi connectivity index (χ0n) is 16.0. The highest BCUT2D eigenvalue weighted by Crippen LogP contribution is 2.23. The lowest BCUT2D eigenvalue weighted by atomic mass is 10.1. The fraction of sp³-hybridized carbons (Fsp3) is 0.286. The predicted octanol–water partition coefficient (Wildman–Crippen LogP) is 4.21. The lowest BCUT2D eigenvalue weighted by molar-refractivity contribution is 0.0724. The molecule has 2 N–H and O–H groups in total. The zero-order valence-corrected chi connectivity index (χ0v) is 18.4. The Kier molecular flexibility index (Phi) is 7.22. The van der Waals surface area contributed by atoms with Crippen LogP contribution in [0.5, 0.6) is 5.75 Å². The van der Waals surface area contributed by atoms with Gasteiger partial charge in [-0.25, -0.2) is 0 Å². The second kappa shape index (κ2) is 9.84. The molecule has 0 saturated carbocycles. The number of methoxy groups -OCH3 is 1. The van der Waals surface area contributed by atoms with Crippen LogP contribution < -0.4 is 15.4 Å². The third-order valence-electron chi connectivity index (χ3n) is 4.67.